The van der Waals surface area contributed by atoms with E-state index in [1.54, 1.807) is 0 Å². The number of unbranched alkanes of at least 4 members (excludes halogenated alkanes) is 1. The first-order chi connectivity index (χ1) is 6.69. The minimum Gasteiger partial charge on any atom is -0.299 e. The van der Waals surface area contributed by atoms with Crippen LogP contribution in [0.2, 0.25) is 0 Å². The van der Waals surface area contributed by atoms with Gasteiger partial charge in [0.15, 0.2) is 0 Å². The number of halogens is 1. The van der Waals surface area contributed by atoms with Crippen LogP contribution in [0.5, 0.6) is 0 Å². The maximum atomic E-state index is 12.6. The highest BCUT2D eigenvalue weighted by molar-refractivity contribution is 5.84. The Hall–Kier alpha value is -0.400. The van der Waals surface area contributed by atoms with Crippen LogP contribution < -0.4 is 0 Å². The molecule has 2 heteroatoms. The van der Waals surface area contributed by atoms with Crippen LogP contribution in [-0.2, 0) is 4.79 Å². The number of ketones is 1. The SMILES string of the molecule is CCCCC(CC)C(=O)C1CC(F)C1. The molecule has 14 heavy (non-hydrogen) atoms. The van der Waals surface area contributed by atoms with Crippen LogP contribution in [0.25, 0.3) is 0 Å². The Balaban J connectivity index is 2.32. The summed E-state index contributed by atoms with van der Waals surface area (Å²) in [6.07, 6.45) is 4.46. The fourth-order valence-electron chi connectivity index (χ4n) is 2.11. The third kappa shape index (κ3) is 2.79. The van der Waals surface area contributed by atoms with Crippen molar-refractivity contribution in [2.45, 2.75) is 58.5 Å². The molecule has 1 atom stereocenters. The first-order valence-electron chi connectivity index (χ1n) is 5.86. The van der Waals surface area contributed by atoms with Gasteiger partial charge in [-0.05, 0) is 25.7 Å². The number of carbonyl (C=O) groups is 1. The molecule has 1 unspecified atom stereocenters. The zero-order chi connectivity index (χ0) is 10.6. The Morgan fingerprint density at radius 3 is 2.50 bits per heavy atom. The molecule has 0 aromatic carbocycles. The number of hydrogen-bond donors (Lipinski definition) is 0. The van der Waals surface area contributed by atoms with E-state index in [0.29, 0.717) is 18.6 Å². The lowest BCUT2D eigenvalue weighted by molar-refractivity contribution is -0.131. The number of Topliss-reactive ketones (excluding diaryl/α,β-unsaturated/α-hetero) is 1. The molecular formula is C12H21FO. The highest BCUT2D eigenvalue weighted by Gasteiger charge is 2.36. The van der Waals surface area contributed by atoms with E-state index in [1.807, 2.05) is 0 Å². The lowest BCUT2D eigenvalue weighted by Gasteiger charge is -2.31. The van der Waals surface area contributed by atoms with Gasteiger partial charge in [0, 0.05) is 11.8 Å². The third-order valence-corrected chi connectivity index (χ3v) is 3.28. The summed E-state index contributed by atoms with van der Waals surface area (Å²) in [6.45, 7) is 4.20. The smallest absolute Gasteiger partial charge is 0.139 e. The van der Waals surface area contributed by atoms with Gasteiger partial charge in [-0.1, -0.05) is 26.7 Å². The minimum absolute atomic E-state index is 0.0480. The van der Waals surface area contributed by atoms with Crippen molar-refractivity contribution in [3.05, 3.63) is 0 Å². The third-order valence-electron chi connectivity index (χ3n) is 3.28. The van der Waals surface area contributed by atoms with E-state index in [2.05, 4.69) is 13.8 Å². The average Bonchev–Trinajstić information content (AvgIpc) is 2.14. The Morgan fingerprint density at radius 1 is 1.43 bits per heavy atom. The van der Waals surface area contributed by atoms with Gasteiger partial charge in [-0.15, -0.1) is 0 Å². The Morgan fingerprint density at radius 2 is 2.07 bits per heavy atom. The van der Waals surface area contributed by atoms with Crippen molar-refractivity contribution >= 4 is 5.78 Å². The summed E-state index contributed by atoms with van der Waals surface area (Å²) in [5, 5.41) is 0. The predicted octanol–water partition coefficient (Wildman–Crippen LogP) is 3.52. The molecule has 1 aliphatic rings. The monoisotopic (exact) mass is 200 g/mol. The molecule has 0 bridgehead atoms. The Bertz CT molecular complexity index is 185. The van der Waals surface area contributed by atoms with Crippen molar-refractivity contribution in [2.75, 3.05) is 0 Å². The number of hydrogen-bond acceptors (Lipinski definition) is 1. The lowest BCUT2D eigenvalue weighted by Crippen LogP contribution is -2.35. The molecular weight excluding hydrogens is 179 g/mol. The summed E-state index contributed by atoms with van der Waals surface area (Å²) < 4.78 is 12.6. The molecule has 1 saturated carbocycles. The van der Waals surface area contributed by atoms with E-state index in [9.17, 15) is 9.18 Å². The van der Waals surface area contributed by atoms with Crippen molar-refractivity contribution in [1.29, 1.82) is 0 Å². The molecule has 0 N–H and O–H groups in total. The zero-order valence-corrected chi connectivity index (χ0v) is 9.26. The van der Waals surface area contributed by atoms with E-state index in [1.165, 1.54) is 0 Å². The molecule has 1 rings (SSSR count). The van der Waals surface area contributed by atoms with Crippen LogP contribution in [0.15, 0.2) is 0 Å². The molecule has 0 aromatic heterocycles. The van der Waals surface area contributed by atoms with Gasteiger partial charge < -0.3 is 0 Å². The van der Waals surface area contributed by atoms with Crippen LogP contribution in [0, 0.1) is 11.8 Å². The molecule has 0 aromatic rings. The number of carbonyl (C=O) groups excluding carboxylic acids is 1. The fraction of sp³-hybridized carbons (Fsp3) is 0.917. The van der Waals surface area contributed by atoms with Crippen LogP contribution in [0.1, 0.15) is 52.4 Å². The van der Waals surface area contributed by atoms with E-state index >= 15 is 0 Å². The molecule has 0 amide bonds. The predicted molar refractivity (Wildman–Crippen MR) is 55.9 cm³/mol. The van der Waals surface area contributed by atoms with E-state index in [-0.39, 0.29) is 11.8 Å². The molecule has 0 spiro atoms. The van der Waals surface area contributed by atoms with E-state index in [0.717, 1.165) is 25.7 Å². The second-order valence-corrected chi connectivity index (χ2v) is 4.42. The second kappa shape index (κ2) is 5.47. The van der Waals surface area contributed by atoms with Crippen LogP contribution >= 0.6 is 0 Å². The Labute approximate surface area is 86.1 Å². The molecule has 0 aliphatic heterocycles. The molecule has 0 saturated heterocycles. The largest absolute Gasteiger partial charge is 0.299 e. The zero-order valence-electron chi connectivity index (χ0n) is 9.26. The Kier molecular flexibility index (Phi) is 4.56. The summed E-state index contributed by atoms with van der Waals surface area (Å²) in [5.74, 6) is 0.578. The lowest BCUT2D eigenvalue weighted by atomic mass is 9.75. The normalized spacial score (nSPS) is 28.2. The molecule has 1 aliphatic carbocycles. The van der Waals surface area contributed by atoms with Crippen LogP contribution in [-0.4, -0.2) is 12.0 Å². The number of alkyl halides is 1. The van der Waals surface area contributed by atoms with Gasteiger partial charge in [0.2, 0.25) is 0 Å². The second-order valence-electron chi connectivity index (χ2n) is 4.42. The van der Waals surface area contributed by atoms with Crippen LogP contribution in [0.4, 0.5) is 4.39 Å². The van der Waals surface area contributed by atoms with E-state index in [4.69, 9.17) is 0 Å². The van der Waals surface area contributed by atoms with Crippen molar-refractivity contribution < 1.29 is 9.18 Å². The van der Waals surface area contributed by atoms with Gasteiger partial charge in [0.25, 0.3) is 0 Å². The standard InChI is InChI=1S/C12H21FO/c1-3-5-6-9(4-2)12(14)10-7-11(13)8-10/h9-11H,3-8H2,1-2H3. The molecule has 1 fully saturated rings. The van der Waals surface area contributed by atoms with Gasteiger partial charge in [-0.2, -0.15) is 0 Å². The van der Waals surface area contributed by atoms with Gasteiger partial charge in [0.05, 0.1) is 0 Å². The first kappa shape index (κ1) is 11.7. The quantitative estimate of drug-likeness (QED) is 0.641. The van der Waals surface area contributed by atoms with Crippen LogP contribution in [0.3, 0.4) is 0 Å². The van der Waals surface area contributed by atoms with Crippen molar-refractivity contribution in [1.82, 2.24) is 0 Å². The maximum absolute atomic E-state index is 12.6. The maximum Gasteiger partial charge on any atom is 0.139 e. The average molecular weight is 200 g/mol. The first-order valence-corrected chi connectivity index (χ1v) is 5.86. The summed E-state index contributed by atoms with van der Waals surface area (Å²) in [6, 6.07) is 0. The molecule has 0 radical (unpaired) electrons. The molecule has 82 valence electrons. The van der Waals surface area contributed by atoms with Gasteiger partial charge in [-0.3, -0.25) is 4.79 Å². The highest BCUT2D eigenvalue weighted by Crippen LogP contribution is 2.34. The summed E-state index contributed by atoms with van der Waals surface area (Å²) >= 11 is 0. The highest BCUT2D eigenvalue weighted by atomic mass is 19.1. The molecule has 0 heterocycles. The fourth-order valence-corrected chi connectivity index (χ4v) is 2.11. The number of rotatable bonds is 6. The van der Waals surface area contributed by atoms with Gasteiger partial charge >= 0.3 is 0 Å². The van der Waals surface area contributed by atoms with Crippen molar-refractivity contribution in [3.63, 3.8) is 0 Å². The summed E-state index contributed by atoms with van der Waals surface area (Å²) in [4.78, 5) is 11.8. The summed E-state index contributed by atoms with van der Waals surface area (Å²) in [7, 11) is 0. The van der Waals surface area contributed by atoms with Crippen molar-refractivity contribution in [2.24, 2.45) is 11.8 Å². The molecule has 1 nitrogen and oxygen atoms in total. The van der Waals surface area contributed by atoms with E-state index < -0.39 is 6.17 Å². The van der Waals surface area contributed by atoms with Gasteiger partial charge in [-0.25, -0.2) is 4.39 Å². The van der Waals surface area contributed by atoms with Crippen molar-refractivity contribution in [3.8, 4) is 0 Å². The minimum atomic E-state index is -0.701. The topological polar surface area (TPSA) is 17.1 Å². The summed E-state index contributed by atoms with van der Waals surface area (Å²) in [5.41, 5.74) is 0. The van der Waals surface area contributed by atoms with Gasteiger partial charge in [0.1, 0.15) is 12.0 Å².